The molecular weight excluding hydrogens is 339 g/mol. The van der Waals surface area contributed by atoms with E-state index in [2.05, 4.69) is 5.32 Å². The number of aliphatic hydroxyl groups excluding tert-OH is 1. The van der Waals surface area contributed by atoms with Crippen LogP contribution in [0.5, 0.6) is 5.75 Å². The number of amides is 1. The fraction of sp³-hybridized carbons (Fsp3) is 0.632. The maximum atomic E-state index is 13.4. The summed E-state index contributed by atoms with van der Waals surface area (Å²) >= 11 is 0. The summed E-state index contributed by atoms with van der Waals surface area (Å²) in [5, 5.41) is 13.8. The Hall–Kier alpha value is -1.70. The number of likely N-dealkylation sites (N-methyl/N-ethyl adjacent to an activating group) is 1. The van der Waals surface area contributed by atoms with Crippen LogP contribution >= 0.6 is 0 Å². The van der Waals surface area contributed by atoms with Crippen LogP contribution in [0.3, 0.4) is 0 Å². The van der Waals surface area contributed by atoms with Crippen molar-refractivity contribution < 1.29 is 23.8 Å². The molecule has 4 atom stereocenters. The van der Waals surface area contributed by atoms with E-state index in [-0.39, 0.29) is 29.7 Å². The SMILES string of the molecule is CN(C)[C@@H]1[C@@H](O)[C@H](Oc2cccc(F)c2)C[C@H]1NC(=O)C1CCOCC1. The summed E-state index contributed by atoms with van der Waals surface area (Å²) < 4.78 is 24.5. The van der Waals surface area contributed by atoms with Crippen LogP contribution in [0.25, 0.3) is 0 Å². The summed E-state index contributed by atoms with van der Waals surface area (Å²) in [5.74, 6) is -0.0536. The van der Waals surface area contributed by atoms with E-state index in [0.717, 1.165) is 12.8 Å². The second-order valence-corrected chi connectivity index (χ2v) is 7.30. The predicted octanol–water partition coefficient (Wildman–Crippen LogP) is 1.18. The maximum Gasteiger partial charge on any atom is 0.223 e. The zero-order valence-corrected chi connectivity index (χ0v) is 15.2. The zero-order valence-electron chi connectivity index (χ0n) is 15.2. The lowest BCUT2D eigenvalue weighted by molar-refractivity contribution is -0.129. The molecule has 3 rings (SSSR count). The molecule has 2 aliphatic rings. The standard InChI is InChI=1S/C19H27FN2O4/c1-22(2)17-15(21-19(24)12-6-8-25-9-7-12)11-16(18(17)23)26-14-5-3-4-13(20)10-14/h3-5,10,12,15-18,23H,6-9,11H2,1-2H3,(H,21,24)/t15-,16-,17+,18+/m1/s1. The van der Waals surface area contributed by atoms with Crippen molar-refractivity contribution in [3.8, 4) is 5.75 Å². The minimum atomic E-state index is -0.784. The molecule has 6 nitrogen and oxygen atoms in total. The highest BCUT2D eigenvalue weighted by Crippen LogP contribution is 2.29. The minimum Gasteiger partial charge on any atom is -0.487 e. The van der Waals surface area contributed by atoms with Crippen molar-refractivity contribution in [2.75, 3.05) is 27.3 Å². The molecule has 1 aromatic rings. The monoisotopic (exact) mass is 366 g/mol. The van der Waals surface area contributed by atoms with Crippen LogP contribution in [0.2, 0.25) is 0 Å². The van der Waals surface area contributed by atoms with Crippen molar-refractivity contribution in [1.82, 2.24) is 10.2 Å². The van der Waals surface area contributed by atoms with Gasteiger partial charge in [-0.05, 0) is 39.1 Å². The smallest absolute Gasteiger partial charge is 0.223 e. The van der Waals surface area contributed by atoms with E-state index in [1.165, 1.54) is 12.1 Å². The molecule has 144 valence electrons. The normalized spacial score (nSPS) is 29.7. The molecular formula is C19H27FN2O4. The van der Waals surface area contributed by atoms with Crippen LogP contribution in [0, 0.1) is 11.7 Å². The van der Waals surface area contributed by atoms with Gasteiger partial charge in [0.25, 0.3) is 0 Å². The molecule has 7 heteroatoms. The molecule has 1 saturated carbocycles. The van der Waals surface area contributed by atoms with Crippen LogP contribution in [0.1, 0.15) is 19.3 Å². The van der Waals surface area contributed by atoms with Crippen LogP contribution in [-0.2, 0) is 9.53 Å². The number of carbonyl (C=O) groups is 1. The third kappa shape index (κ3) is 4.34. The van der Waals surface area contributed by atoms with Crippen molar-refractivity contribution >= 4 is 5.91 Å². The number of ether oxygens (including phenoxy) is 2. The second-order valence-electron chi connectivity index (χ2n) is 7.30. The fourth-order valence-electron chi connectivity index (χ4n) is 3.89. The van der Waals surface area contributed by atoms with Gasteiger partial charge in [-0.1, -0.05) is 6.07 Å². The summed E-state index contributed by atoms with van der Waals surface area (Å²) in [4.78, 5) is 14.5. The van der Waals surface area contributed by atoms with Gasteiger partial charge in [0.1, 0.15) is 23.8 Å². The minimum absolute atomic E-state index is 0.00348. The Balaban J connectivity index is 1.67. The maximum absolute atomic E-state index is 13.4. The number of hydrogen-bond acceptors (Lipinski definition) is 5. The molecule has 0 spiro atoms. The van der Waals surface area contributed by atoms with Crippen molar-refractivity contribution in [3.63, 3.8) is 0 Å². The van der Waals surface area contributed by atoms with Crippen LogP contribution < -0.4 is 10.1 Å². The van der Waals surface area contributed by atoms with Gasteiger partial charge in [0.2, 0.25) is 5.91 Å². The van der Waals surface area contributed by atoms with Gasteiger partial charge < -0.3 is 24.8 Å². The van der Waals surface area contributed by atoms with Gasteiger partial charge in [-0.2, -0.15) is 0 Å². The summed E-state index contributed by atoms with van der Waals surface area (Å²) in [5.41, 5.74) is 0. The molecule has 1 saturated heterocycles. The number of rotatable bonds is 5. The molecule has 0 unspecified atom stereocenters. The van der Waals surface area contributed by atoms with Gasteiger partial charge in [0, 0.05) is 31.6 Å². The Morgan fingerprint density at radius 2 is 2.08 bits per heavy atom. The molecule has 1 aliphatic carbocycles. The number of halogens is 1. The van der Waals surface area contributed by atoms with E-state index in [1.54, 1.807) is 12.1 Å². The molecule has 0 bridgehead atoms. The summed E-state index contributed by atoms with van der Waals surface area (Å²) in [6.45, 7) is 1.21. The molecule has 26 heavy (non-hydrogen) atoms. The Bertz CT molecular complexity index is 621. The predicted molar refractivity (Wildman–Crippen MR) is 94.4 cm³/mol. The van der Waals surface area contributed by atoms with Gasteiger partial charge in [-0.25, -0.2) is 4.39 Å². The average molecular weight is 366 g/mol. The van der Waals surface area contributed by atoms with Gasteiger partial charge in [0.05, 0.1) is 12.1 Å². The largest absolute Gasteiger partial charge is 0.487 e. The molecule has 2 N–H and O–H groups in total. The second kappa shape index (κ2) is 8.33. The summed E-state index contributed by atoms with van der Waals surface area (Å²) in [7, 11) is 3.73. The first-order valence-electron chi connectivity index (χ1n) is 9.10. The highest BCUT2D eigenvalue weighted by molar-refractivity contribution is 5.79. The van der Waals surface area contributed by atoms with Crippen molar-refractivity contribution in [1.29, 1.82) is 0 Å². The highest BCUT2D eigenvalue weighted by atomic mass is 19.1. The van der Waals surface area contributed by atoms with Crippen LogP contribution in [0.4, 0.5) is 4.39 Å². The molecule has 1 aliphatic heterocycles. The lowest BCUT2D eigenvalue weighted by Gasteiger charge is -2.30. The Kier molecular flexibility index (Phi) is 6.11. The number of nitrogens with zero attached hydrogens (tertiary/aromatic N) is 1. The number of benzene rings is 1. The van der Waals surface area contributed by atoms with Gasteiger partial charge in [-0.15, -0.1) is 0 Å². The quantitative estimate of drug-likeness (QED) is 0.819. The lowest BCUT2D eigenvalue weighted by Crippen LogP contribution is -2.52. The topological polar surface area (TPSA) is 71.0 Å². The Morgan fingerprint density at radius 3 is 2.73 bits per heavy atom. The first kappa shape index (κ1) is 19.1. The van der Waals surface area contributed by atoms with Crippen molar-refractivity contribution in [3.05, 3.63) is 30.1 Å². The number of nitrogens with one attached hydrogen (secondary N) is 1. The third-order valence-electron chi connectivity index (χ3n) is 5.23. The third-order valence-corrected chi connectivity index (χ3v) is 5.23. The van der Waals surface area contributed by atoms with Crippen molar-refractivity contribution in [2.24, 2.45) is 5.92 Å². The van der Waals surface area contributed by atoms with E-state index >= 15 is 0 Å². The molecule has 1 amide bonds. The fourth-order valence-corrected chi connectivity index (χ4v) is 3.89. The van der Waals surface area contributed by atoms with E-state index in [9.17, 15) is 14.3 Å². The summed E-state index contributed by atoms with van der Waals surface area (Å²) in [6, 6.07) is 5.38. The van der Waals surface area contributed by atoms with Gasteiger partial charge in [0.15, 0.2) is 0 Å². The van der Waals surface area contributed by atoms with Gasteiger partial charge in [-0.3, -0.25) is 4.79 Å². The molecule has 2 fully saturated rings. The number of hydrogen-bond donors (Lipinski definition) is 2. The average Bonchev–Trinajstić information content (AvgIpc) is 2.91. The van der Waals surface area contributed by atoms with Crippen LogP contribution in [-0.4, -0.2) is 67.5 Å². The highest BCUT2D eigenvalue weighted by Gasteiger charge is 2.46. The molecule has 0 aromatic heterocycles. The van der Waals surface area contributed by atoms with E-state index < -0.39 is 12.2 Å². The molecule has 0 radical (unpaired) electrons. The van der Waals surface area contributed by atoms with Crippen LogP contribution in [0.15, 0.2) is 24.3 Å². The van der Waals surface area contributed by atoms with Crippen molar-refractivity contribution in [2.45, 2.75) is 43.6 Å². The summed E-state index contributed by atoms with van der Waals surface area (Å²) in [6.07, 6.45) is 0.612. The van der Waals surface area contributed by atoms with E-state index in [4.69, 9.17) is 9.47 Å². The lowest BCUT2D eigenvalue weighted by atomic mass is 9.98. The van der Waals surface area contributed by atoms with Gasteiger partial charge >= 0.3 is 0 Å². The Morgan fingerprint density at radius 1 is 1.35 bits per heavy atom. The van der Waals surface area contributed by atoms with E-state index in [1.807, 2.05) is 19.0 Å². The first-order chi connectivity index (χ1) is 12.5. The molecule has 1 aromatic carbocycles. The number of carbonyl (C=O) groups excluding carboxylic acids is 1. The van der Waals surface area contributed by atoms with E-state index in [0.29, 0.717) is 25.4 Å². The molecule has 1 heterocycles. The Labute approximate surface area is 153 Å². The number of aliphatic hydroxyl groups is 1. The zero-order chi connectivity index (χ0) is 18.7. The first-order valence-corrected chi connectivity index (χ1v) is 9.10.